The van der Waals surface area contributed by atoms with Gasteiger partial charge in [0.2, 0.25) is 0 Å². The zero-order chi connectivity index (χ0) is 9.64. The second-order valence-corrected chi connectivity index (χ2v) is 3.15. The molecule has 14 heavy (non-hydrogen) atoms. The highest BCUT2D eigenvalue weighted by molar-refractivity contribution is 5.42. The summed E-state index contributed by atoms with van der Waals surface area (Å²) in [5.74, 6) is 0. The molecular formula is C14H12+. The molecule has 1 aliphatic rings. The van der Waals surface area contributed by atoms with Crippen LogP contribution >= 0.6 is 0 Å². The van der Waals surface area contributed by atoms with Crippen molar-refractivity contribution < 1.29 is 0 Å². The van der Waals surface area contributed by atoms with E-state index >= 15 is 0 Å². The van der Waals surface area contributed by atoms with Gasteiger partial charge in [0.05, 0.1) is 12.0 Å². The smallest absolute Gasteiger partial charge is 0.0622 e. The van der Waals surface area contributed by atoms with E-state index in [0.29, 0.717) is 0 Å². The molecule has 0 saturated heterocycles. The molecule has 0 aromatic heterocycles. The minimum atomic E-state index is 1.23. The minimum absolute atomic E-state index is 1.23. The lowest BCUT2D eigenvalue weighted by Gasteiger charge is -1.95. The Kier molecular flexibility index (Phi) is 2.87. The quantitative estimate of drug-likeness (QED) is 0.611. The van der Waals surface area contributed by atoms with Crippen LogP contribution in [0.1, 0.15) is 5.56 Å². The molecule has 0 saturated carbocycles. The second kappa shape index (κ2) is 4.52. The van der Waals surface area contributed by atoms with Gasteiger partial charge in [-0.25, -0.2) is 0 Å². The van der Waals surface area contributed by atoms with Gasteiger partial charge in [-0.2, -0.15) is 0 Å². The van der Waals surface area contributed by atoms with Gasteiger partial charge in [0.1, 0.15) is 0 Å². The predicted molar refractivity (Wildman–Crippen MR) is 60.5 cm³/mol. The maximum absolute atomic E-state index is 2.12. The summed E-state index contributed by atoms with van der Waals surface area (Å²) in [5, 5.41) is 0. The van der Waals surface area contributed by atoms with Gasteiger partial charge in [-0.05, 0) is 5.56 Å². The molecule has 67 valence electrons. The van der Waals surface area contributed by atoms with Crippen molar-refractivity contribution in [2.75, 3.05) is 0 Å². The van der Waals surface area contributed by atoms with E-state index in [9.17, 15) is 0 Å². The van der Waals surface area contributed by atoms with E-state index in [2.05, 4.69) is 37.1 Å². The van der Waals surface area contributed by atoms with Gasteiger partial charge in [-0.1, -0.05) is 30.3 Å². The Bertz CT molecular complexity index is 366. The predicted octanol–water partition coefficient (Wildman–Crippen LogP) is 3.50. The average Bonchev–Trinajstić information content (AvgIpc) is 2.29. The normalized spacial score (nSPS) is 17.0. The van der Waals surface area contributed by atoms with Crippen LogP contribution in [0.15, 0.2) is 66.3 Å². The van der Waals surface area contributed by atoms with Gasteiger partial charge in [-0.3, -0.25) is 0 Å². The average molecular weight is 180 g/mol. The lowest BCUT2D eigenvalue weighted by Crippen LogP contribution is -1.83. The van der Waals surface area contributed by atoms with E-state index in [1.165, 1.54) is 11.1 Å². The van der Waals surface area contributed by atoms with E-state index in [1.54, 1.807) is 0 Å². The number of hydrogen-bond acceptors (Lipinski definition) is 0. The lowest BCUT2D eigenvalue weighted by molar-refractivity contribution is 1.45. The highest BCUT2D eigenvalue weighted by atomic mass is 14.0. The zero-order valence-corrected chi connectivity index (χ0v) is 7.93. The van der Waals surface area contributed by atoms with Crippen molar-refractivity contribution in [3.05, 3.63) is 84.7 Å². The molecule has 0 bridgehead atoms. The van der Waals surface area contributed by atoms with Gasteiger partial charge in [0.15, 0.2) is 0 Å². The molecule has 0 spiro atoms. The second-order valence-electron chi connectivity index (χ2n) is 3.15. The Morgan fingerprint density at radius 3 is 2.57 bits per heavy atom. The molecule has 1 aromatic rings. The molecule has 0 nitrogen and oxygen atoms in total. The third kappa shape index (κ3) is 2.40. The molecule has 0 heteroatoms. The highest BCUT2D eigenvalue weighted by Gasteiger charge is 2.01. The van der Waals surface area contributed by atoms with Crippen LogP contribution in [0.4, 0.5) is 0 Å². The van der Waals surface area contributed by atoms with Crippen molar-refractivity contribution in [1.29, 1.82) is 0 Å². The lowest BCUT2D eigenvalue weighted by atomic mass is 10.0. The standard InChI is InChI=1S/C14H12/c1-3-7-13(8-4-1)11-12-14-9-5-2-6-10-14/h1-12H/q+1. The minimum Gasteiger partial charge on any atom is -0.0622 e. The molecule has 0 unspecified atom stereocenters. The van der Waals surface area contributed by atoms with Crippen LogP contribution in [0.5, 0.6) is 0 Å². The number of allylic oxidation sites excluding steroid dienone is 6. The molecule has 1 radical (unpaired) electrons. The molecule has 2 rings (SSSR count). The molecule has 0 fully saturated rings. The van der Waals surface area contributed by atoms with Gasteiger partial charge in [-0.15, -0.1) is 0 Å². The first-order chi connectivity index (χ1) is 6.95. The molecule has 0 N–H and O–H groups in total. The summed E-state index contributed by atoms with van der Waals surface area (Å²) in [6.07, 6.45) is 14.6. The largest absolute Gasteiger partial charge is 0.0924 e. The summed E-state index contributed by atoms with van der Waals surface area (Å²) < 4.78 is 0. The van der Waals surface area contributed by atoms with Crippen LogP contribution in [0.3, 0.4) is 0 Å². The molecule has 0 atom stereocenters. The molecule has 0 aliphatic heterocycles. The van der Waals surface area contributed by atoms with Crippen molar-refractivity contribution in [2.24, 2.45) is 0 Å². The SMILES string of the molecule is [CH](/C=C1/C=CC=C[CH+]1)c1ccccc1. The fourth-order valence-corrected chi connectivity index (χ4v) is 1.32. The maximum atomic E-state index is 2.12. The van der Waals surface area contributed by atoms with Crippen LogP contribution in [0, 0.1) is 12.8 Å². The van der Waals surface area contributed by atoms with Gasteiger partial charge < -0.3 is 0 Å². The van der Waals surface area contributed by atoms with Gasteiger partial charge >= 0.3 is 0 Å². The van der Waals surface area contributed by atoms with Crippen molar-refractivity contribution in [3.63, 3.8) is 0 Å². The van der Waals surface area contributed by atoms with E-state index in [-0.39, 0.29) is 0 Å². The Morgan fingerprint density at radius 2 is 1.86 bits per heavy atom. The number of benzene rings is 1. The number of rotatable bonds is 2. The van der Waals surface area contributed by atoms with Crippen LogP contribution < -0.4 is 0 Å². The topological polar surface area (TPSA) is 0 Å². The Hall–Kier alpha value is -1.69. The maximum Gasteiger partial charge on any atom is 0.0924 e. The van der Waals surface area contributed by atoms with Crippen molar-refractivity contribution in [1.82, 2.24) is 0 Å². The van der Waals surface area contributed by atoms with Crippen LogP contribution in [-0.2, 0) is 0 Å². The monoisotopic (exact) mass is 180 g/mol. The Labute approximate surface area is 85.3 Å². The molecule has 0 amide bonds. The molecule has 1 aromatic carbocycles. The summed E-state index contributed by atoms with van der Waals surface area (Å²) >= 11 is 0. The van der Waals surface area contributed by atoms with E-state index in [1.807, 2.05) is 36.4 Å². The first kappa shape index (κ1) is 8.89. The van der Waals surface area contributed by atoms with E-state index in [4.69, 9.17) is 0 Å². The van der Waals surface area contributed by atoms with Crippen molar-refractivity contribution >= 4 is 0 Å². The molecule has 1 aliphatic carbocycles. The Balaban J connectivity index is 2.00. The van der Waals surface area contributed by atoms with Crippen LogP contribution in [0.25, 0.3) is 0 Å². The highest BCUT2D eigenvalue weighted by Crippen LogP contribution is 2.11. The van der Waals surface area contributed by atoms with Gasteiger partial charge in [0.25, 0.3) is 0 Å². The summed E-state index contributed by atoms with van der Waals surface area (Å²) in [4.78, 5) is 0. The van der Waals surface area contributed by atoms with Crippen LogP contribution in [-0.4, -0.2) is 0 Å². The third-order valence-corrected chi connectivity index (χ3v) is 2.07. The van der Waals surface area contributed by atoms with E-state index in [0.717, 1.165) is 0 Å². The van der Waals surface area contributed by atoms with Gasteiger partial charge in [0, 0.05) is 36.8 Å². The van der Waals surface area contributed by atoms with Crippen LogP contribution in [0.2, 0.25) is 0 Å². The van der Waals surface area contributed by atoms with Crippen molar-refractivity contribution in [2.45, 2.75) is 0 Å². The summed E-state index contributed by atoms with van der Waals surface area (Å²) in [6, 6.07) is 10.3. The number of hydrogen-bond donors (Lipinski definition) is 0. The van der Waals surface area contributed by atoms with Crippen molar-refractivity contribution in [3.8, 4) is 0 Å². The fraction of sp³-hybridized carbons (Fsp3) is 0. The fourth-order valence-electron chi connectivity index (χ4n) is 1.32. The summed E-state index contributed by atoms with van der Waals surface area (Å²) in [6.45, 7) is 0. The Morgan fingerprint density at radius 1 is 1.00 bits per heavy atom. The first-order valence-corrected chi connectivity index (χ1v) is 4.73. The summed E-state index contributed by atoms with van der Waals surface area (Å²) in [7, 11) is 0. The summed E-state index contributed by atoms with van der Waals surface area (Å²) in [5.41, 5.74) is 2.47. The molecular weight excluding hydrogens is 168 g/mol. The zero-order valence-electron chi connectivity index (χ0n) is 7.93. The molecule has 0 heterocycles. The van der Waals surface area contributed by atoms with E-state index < -0.39 is 0 Å². The third-order valence-electron chi connectivity index (χ3n) is 2.07. The first-order valence-electron chi connectivity index (χ1n) is 4.73.